The predicted molar refractivity (Wildman–Crippen MR) is 98.3 cm³/mol. The van der Waals surface area contributed by atoms with E-state index < -0.39 is 29.0 Å². The normalized spacial score (nSPS) is 11.8. The number of benzene rings is 2. The van der Waals surface area contributed by atoms with Crippen LogP contribution in [0.1, 0.15) is 31.9 Å². The maximum Gasteiger partial charge on any atom is 0.416 e. The van der Waals surface area contributed by atoms with Crippen molar-refractivity contribution >= 4 is 23.2 Å². The van der Waals surface area contributed by atoms with Gasteiger partial charge in [0, 0.05) is 11.4 Å². The smallest absolute Gasteiger partial charge is 0.325 e. The van der Waals surface area contributed by atoms with Crippen LogP contribution in [-0.4, -0.2) is 11.8 Å². The molecule has 0 fully saturated rings. The second kappa shape index (κ2) is 7.82. The van der Waals surface area contributed by atoms with Gasteiger partial charge in [0.15, 0.2) is 0 Å². The monoisotopic (exact) mass is 378 g/mol. The molecule has 0 spiro atoms. The van der Waals surface area contributed by atoms with Crippen molar-refractivity contribution in [2.24, 2.45) is 5.41 Å². The van der Waals surface area contributed by atoms with Crippen LogP contribution in [0.4, 0.5) is 24.5 Å². The number of anilines is 2. The number of nitrogens with one attached hydrogen (secondary N) is 2. The molecule has 0 saturated carbocycles. The van der Waals surface area contributed by atoms with Gasteiger partial charge >= 0.3 is 6.18 Å². The van der Waals surface area contributed by atoms with E-state index in [-0.39, 0.29) is 5.69 Å². The fraction of sp³-hybridized carbons (Fsp3) is 0.300. The van der Waals surface area contributed by atoms with Gasteiger partial charge in [-0.1, -0.05) is 25.1 Å². The second-order valence-corrected chi connectivity index (χ2v) is 6.66. The van der Waals surface area contributed by atoms with Crippen molar-refractivity contribution in [3.8, 4) is 0 Å². The standard InChI is InChI=1S/C20H21F3N2O2/c1-4-13-8-10-15(11-9-13)24-17(26)19(2,3)18(27)25-16-7-5-6-14(12-16)20(21,22)23/h5-12H,4H2,1-3H3,(H,24,26)(H,25,27). The Morgan fingerprint density at radius 1 is 0.889 bits per heavy atom. The number of hydrogen-bond acceptors (Lipinski definition) is 2. The summed E-state index contributed by atoms with van der Waals surface area (Å²) in [5.74, 6) is -1.26. The van der Waals surface area contributed by atoms with Gasteiger partial charge in [0.05, 0.1) is 5.56 Å². The number of halogens is 3. The van der Waals surface area contributed by atoms with Gasteiger partial charge in [-0.2, -0.15) is 13.2 Å². The molecule has 2 N–H and O–H groups in total. The van der Waals surface area contributed by atoms with Crippen molar-refractivity contribution in [2.75, 3.05) is 10.6 Å². The van der Waals surface area contributed by atoms with Crippen molar-refractivity contribution in [3.63, 3.8) is 0 Å². The SMILES string of the molecule is CCc1ccc(NC(=O)C(C)(C)C(=O)Nc2cccc(C(F)(F)F)c2)cc1. The Morgan fingerprint density at radius 2 is 1.44 bits per heavy atom. The zero-order valence-corrected chi connectivity index (χ0v) is 15.3. The maximum atomic E-state index is 12.8. The molecule has 4 nitrogen and oxygen atoms in total. The Bertz CT molecular complexity index is 828. The number of hydrogen-bond donors (Lipinski definition) is 2. The van der Waals surface area contributed by atoms with Gasteiger partial charge in [-0.15, -0.1) is 0 Å². The quantitative estimate of drug-likeness (QED) is 0.729. The zero-order chi connectivity index (χ0) is 20.2. The molecule has 2 aromatic carbocycles. The predicted octanol–water partition coefficient (Wildman–Crippen LogP) is 4.87. The average molecular weight is 378 g/mol. The van der Waals surface area contributed by atoms with E-state index in [9.17, 15) is 22.8 Å². The molecule has 0 radical (unpaired) electrons. The molecule has 0 bridgehead atoms. The maximum absolute atomic E-state index is 12.8. The van der Waals surface area contributed by atoms with Crippen molar-refractivity contribution < 1.29 is 22.8 Å². The average Bonchev–Trinajstić information content (AvgIpc) is 2.61. The van der Waals surface area contributed by atoms with E-state index in [1.54, 1.807) is 12.1 Å². The van der Waals surface area contributed by atoms with Crippen LogP contribution in [-0.2, 0) is 22.2 Å². The molecule has 2 amide bonds. The van der Waals surface area contributed by atoms with Gasteiger partial charge in [0.1, 0.15) is 5.41 Å². The Hall–Kier alpha value is -2.83. The highest BCUT2D eigenvalue weighted by Crippen LogP contribution is 2.31. The summed E-state index contributed by atoms with van der Waals surface area (Å²) < 4.78 is 38.4. The van der Waals surface area contributed by atoms with Gasteiger partial charge in [0.2, 0.25) is 11.8 Å². The van der Waals surface area contributed by atoms with E-state index in [2.05, 4.69) is 10.6 Å². The Kier molecular flexibility index (Phi) is 5.93. The molecule has 0 aliphatic rings. The summed E-state index contributed by atoms with van der Waals surface area (Å²) in [6, 6.07) is 11.5. The van der Waals surface area contributed by atoms with Crippen LogP contribution in [0.3, 0.4) is 0 Å². The first kappa shape index (κ1) is 20.5. The lowest BCUT2D eigenvalue weighted by molar-refractivity contribution is -0.138. The summed E-state index contributed by atoms with van der Waals surface area (Å²) in [4.78, 5) is 25.0. The van der Waals surface area contributed by atoms with Gasteiger partial charge in [-0.3, -0.25) is 9.59 Å². The first-order valence-corrected chi connectivity index (χ1v) is 8.43. The first-order valence-electron chi connectivity index (χ1n) is 8.43. The molecule has 2 rings (SSSR count). The van der Waals surface area contributed by atoms with Crippen LogP contribution >= 0.6 is 0 Å². The highest BCUT2D eigenvalue weighted by atomic mass is 19.4. The third-order valence-corrected chi connectivity index (χ3v) is 4.20. The van der Waals surface area contributed by atoms with Gasteiger partial charge in [0.25, 0.3) is 0 Å². The molecule has 144 valence electrons. The first-order chi connectivity index (χ1) is 12.5. The number of aryl methyl sites for hydroxylation is 1. The fourth-order valence-corrected chi connectivity index (χ4v) is 2.27. The molecule has 0 aliphatic heterocycles. The molecular formula is C20H21F3N2O2. The minimum absolute atomic E-state index is 0.0250. The summed E-state index contributed by atoms with van der Waals surface area (Å²) in [6.07, 6.45) is -3.66. The molecule has 0 aliphatic carbocycles. The number of carbonyl (C=O) groups excluding carboxylic acids is 2. The number of amides is 2. The van der Waals surface area contributed by atoms with E-state index in [0.717, 1.165) is 24.1 Å². The minimum atomic E-state index is -4.52. The van der Waals surface area contributed by atoms with Crippen molar-refractivity contribution in [1.82, 2.24) is 0 Å². The van der Waals surface area contributed by atoms with Crippen LogP contribution < -0.4 is 10.6 Å². The van der Waals surface area contributed by atoms with Crippen molar-refractivity contribution in [2.45, 2.75) is 33.4 Å². The highest BCUT2D eigenvalue weighted by molar-refractivity contribution is 6.14. The van der Waals surface area contributed by atoms with Crippen LogP contribution in [0.5, 0.6) is 0 Å². The molecule has 0 unspecified atom stereocenters. The summed E-state index contributed by atoms with van der Waals surface area (Å²) in [5.41, 5.74) is -0.745. The molecular weight excluding hydrogens is 357 g/mol. The molecule has 7 heteroatoms. The number of rotatable bonds is 5. The molecule has 2 aromatic rings. The van der Waals surface area contributed by atoms with Crippen molar-refractivity contribution in [3.05, 3.63) is 59.7 Å². The molecule has 0 atom stereocenters. The van der Waals surface area contributed by atoms with Gasteiger partial charge in [-0.25, -0.2) is 0 Å². The van der Waals surface area contributed by atoms with Crippen LogP contribution in [0.15, 0.2) is 48.5 Å². The van der Waals surface area contributed by atoms with Gasteiger partial charge < -0.3 is 10.6 Å². The largest absolute Gasteiger partial charge is 0.416 e. The van der Waals surface area contributed by atoms with E-state index in [0.29, 0.717) is 5.69 Å². The number of alkyl halides is 3. The van der Waals surface area contributed by atoms with Crippen LogP contribution in [0, 0.1) is 5.41 Å². The summed E-state index contributed by atoms with van der Waals surface area (Å²) in [5, 5.41) is 5.04. The minimum Gasteiger partial charge on any atom is -0.325 e. The van der Waals surface area contributed by atoms with E-state index in [4.69, 9.17) is 0 Å². The Balaban J connectivity index is 2.10. The Morgan fingerprint density at radius 3 is 1.96 bits per heavy atom. The molecule has 0 saturated heterocycles. The fourth-order valence-electron chi connectivity index (χ4n) is 2.27. The Labute approximate surface area is 155 Å². The highest BCUT2D eigenvalue weighted by Gasteiger charge is 2.37. The summed E-state index contributed by atoms with van der Waals surface area (Å²) in [7, 11) is 0. The summed E-state index contributed by atoms with van der Waals surface area (Å²) >= 11 is 0. The third-order valence-electron chi connectivity index (χ3n) is 4.20. The third kappa shape index (κ3) is 5.09. The van der Waals surface area contributed by atoms with E-state index >= 15 is 0 Å². The lowest BCUT2D eigenvalue weighted by atomic mass is 9.90. The topological polar surface area (TPSA) is 58.2 Å². The second-order valence-electron chi connectivity index (χ2n) is 6.66. The van der Waals surface area contributed by atoms with Crippen molar-refractivity contribution in [1.29, 1.82) is 0 Å². The lowest BCUT2D eigenvalue weighted by Crippen LogP contribution is -2.41. The van der Waals surface area contributed by atoms with Crippen LogP contribution in [0.2, 0.25) is 0 Å². The lowest BCUT2D eigenvalue weighted by Gasteiger charge is -2.23. The van der Waals surface area contributed by atoms with E-state index in [1.165, 1.54) is 26.0 Å². The molecule has 0 aromatic heterocycles. The van der Waals surface area contributed by atoms with Crippen LogP contribution in [0.25, 0.3) is 0 Å². The molecule has 27 heavy (non-hydrogen) atoms. The van der Waals surface area contributed by atoms with E-state index in [1.807, 2.05) is 19.1 Å². The van der Waals surface area contributed by atoms with Gasteiger partial charge in [-0.05, 0) is 56.2 Å². The molecule has 0 heterocycles. The summed E-state index contributed by atoms with van der Waals surface area (Å²) in [6.45, 7) is 4.83. The zero-order valence-electron chi connectivity index (χ0n) is 15.3. The number of carbonyl (C=O) groups is 2.